The zero-order valence-corrected chi connectivity index (χ0v) is 17.6. The first kappa shape index (κ1) is 20.2. The summed E-state index contributed by atoms with van der Waals surface area (Å²) in [6, 6.07) is 0.519. The molecule has 0 radical (unpaired) electrons. The van der Waals surface area contributed by atoms with Gasteiger partial charge in [-0.25, -0.2) is 0 Å². The molecule has 0 aromatic carbocycles. The summed E-state index contributed by atoms with van der Waals surface area (Å²) >= 11 is 0. The molecule has 1 saturated heterocycles. The van der Waals surface area contributed by atoms with Crippen molar-refractivity contribution in [1.29, 1.82) is 0 Å². The second-order valence-electron chi connectivity index (χ2n) is 7.44. The second-order valence-corrected chi connectivity index (χ2v) is 7.44. The molecule has 2 saturated carbocycles. The van der Waals surface area contributed by atoms with Crippen LogP contribution in [0, 0.1) is 17.8 Å². The fraction of sp³-hybridized carbons (Fsp3) is 0.944. The molecule has 140 valence electrons. The van der Waals surface area contributed by atoms with Crippen LogP contribution in [0.25, 0.3) is 0 Å². The summed E-state index contributed by atoms with van der Waals surface area (Å²) < 4.78 is 5.44. The number of hydrogen-bond acceptors (Lipinski definition) is 3. The van der Waals surface area contributed by atoms with Crippen LogP contribution in [0.5, 0.6) is 0 Å². The summed E-state index contributed by atoms with van der Waals surface area (Å²) in [6.45, 7) is 11.1. The van der Waals surface area contributed by atoms with Gasteiger partial charge in [-0.05, 0) is 57.3 Å². The minimum atomic E-state index is 0. The first-order valence-corrected chi connectivity index (χ1v) is 9.62. The highest BCUT2D eigenvalue weighted by molar-refractivity contribution is 14.0. The summed E-state index contributed by atoms with van der Waals surface area (Å²) in [5.74, 6) is 3.80. The van der Waals surface area contributed by atoms with Gasteiger partial charge < -0.3 is 15.4 Å². The Hall–Kier alpha value is -0.0800. The van der Waals surface area contributed by atoms with Gasteiger partial charge in [-0.2, -0.15) is 0 Å². The molecule has 3 rings (SSSR count). The Morgan fingerprint density at radius 2 is 1.75 bits per heavy atom. The van der Waals surface area contributed by atoms with E-state index in [1.165, 1.54) is 25.7 Å². The van der Waals surface area contributed by atoms with Crippen molar-refractivity contribution >= 4 is 29.9 Å². The van der Waals surface area contributed by atoms with E-state index in [1.54, 1.807) is 0 Å². The number of nitrogens with zero attached hydrogens (tertiary/aromatic N) is 2. The van der Waals surface area contributed by atoms with E-state index < -0.39 is 0 Å². The molecule has 1 aliphatic heterocycles. The van der Waals surface area contributed by atoms with E-state index in [4.69, 9.17) is 9.73 Å². The number of rotatable bonds is 8. The summed E-state index contributed by atoms with van der Waals surface area (Å²) in [4.78, 5) is 7.40. The first-order chi connectivity index (χ1) is 11.3. The molecule has 0 amide bonds. The first-order valence-electron chi connectivity index (χ1n) is 9.62. The van der Waals surface area contributed by atoms with Crippen molar-refractivity contribution in [3.63, 3.8) is 0 Å². The molecule has 1 unspecified atom stereocenters. The lowest BCUT2D eigenvalue weighted by atomic mass is 9.98. The molecule has 2 aliphatic carbocycles. The highest BCUT2D eigenvalue weighted by Gasteiger charge is 2.41. The third kappa shape index (κ3) is 6.33. The fourth-order valence-corrected chi connectivity index (χ4v) is 3.66. The maximum atomic E-state index is 5.44. The molecule has 6 heteroatoms. The highest BCUT2D eigenvalue weighted by Crippen LogP contribution is 2.49. The van der Waals surface area contributed by atoms with Crippen LogP contribution in [0.1, 0.15) is 39.5 Å². The van der Waals surface area contributed by atoms with Gasteiger partial charge in [0.25, 0.3) is 0 Å². The maximum Gasteiger partial charge on any atom is 0.191 e. The summed E-state index contributed by atoms with van der Waals surface area (Å²) in [6.07, 6.45) is 5.76. The van der Waals surface area contributed by atoms with Gasteiger partial charge in [-0.1, -0.05) is 0 Å². The summed E-state index contributed by atoms with van der Waals surface area (Å²) in [5, 5.41) is 6.96. The predicted octanol–water partition coefficient (Wildman–Crippen LogP) is 2.32. The molecule has 3 fully saturated rings. The number of morpholine rings is 1. The van der Waals surface area contributed by atoms with Gasteiger partial charge in [0, 0.05) is 38.8 Å². The lowest BCUT2D eigenvalue weighted by Gasteiger charge is -2.32. The van der Waals surface area contributed by atoms with Crippen LogP contribution >= 0.6 is 24.0 Å². The van der Waals surface area contributed by atoms with Crippen LogP contribution in [0.15, 0.2) is 4.99 Å². The van der Waals surface area contributed by atoms with Crippen LogP contribution in [0.3, 0.4) is 0 Å². The Morgan fingerprint density at radius 1 is 1.12 bits per heavy atom. The Kier molecular flexibility index (Phi) is 8.57. The zero-order valence-electron chi connectivity index (χ0n) is 15.3. The highest BCUT2D eigenvalue weighted by atomic mass is 127. The quantitative estimate of drug-likeness (QED) is 0.339. The van der Waals surface area contributed by atoms with Crippen LogP contribution in [0.2, 0.25) is 0 Å². The number of ether oxygens (including phenoxy) is 1. The maximum absolute atomic E-state index is 5.44. The van der Waals surface area contributed by atoms with Crippen LogP contribution < -0.4 is 10.6 Å². The molecule has 24 heavy (non-hydrogen) atoms. The van der Waals surface area contributed by atoms with E-state index in [0.29, 0.717) is 6.04 Å². The Bertz CT molecular complexity index is 380. The molecule has 1 atom stereocenters. The van der Waals surface area contributed by atoms with Gasteiger partial charge in [-0.15, -0.1) is 24.0 Å². The Morgan fingerprint density at radius 3 is 2.29 bits per heavy atom. The summed E-state index contributed by atoms with van der Waals surface area (Å²) in [5.41, 5.74) is 0. The molecule has 3 aliphatic rings. The molecule has 0 aromatic rings. The van der Waals surface area contributed by atoms with Gasteiger partial charge in [0.2, 0.25) is 0 Å². The van der Waals surface area contributed by atoms with Gasteiger partial charge >= 0.3 is 0 Å². The average Bonchev–Trinajstić information content (AvgIpc) is 3.47. The predicted molar refractivity (Wildman–Crippen MR) is 110 cm³/mol. The third-order valence-corrected chi connectivity index (χ3v) is 5.49. The number of hydrogen-bond donors (Lipinski definition) is 2. The minimum absolute atomic E-state index is 0. The molecular formula is C18H35IN4O. The van der Waals surface area contributed by atoms with Gasteiger partial charge in [0.05, 0.1) is 13.2 Å². The summed E-state index contributed by atoms with van der Waals surface area (Å²) in [7, 11) is 0. The zero-order chi connectivity index (χ0) is 16.1. The third-order valence-electron chi connectivity index (χ3n) is 5.49. The minimum Gasteiger partial charge on any atom is -0.379 e. The van der Waals surface area contributed by atoms with E-state index in [-0.39, 0.29) is 24.0 Å². The lowest BCUT2D eigenvalue weighted by molar-refractivity contribution is 0.0211. The van der Waals surface area contributed by atoms with E-state index in [1.807, 2.05) is 0 Å². The van der Waals surface area contributed by atoms with Crippen molar-refractivity contribution in [2.45, 2.75) is 45.6 Å². The lowest BCUT2D eigenvalue weighted by Crippen LogP contribution is -2.49. The number of halogens is 1. The van der Waals surface area contributed by atoms with Crippen LogP contribution in [-0.2, 0) is 4.74 Å². The van der Waals surface area contributed by atoms with Gasteiger partial charge in [-0.3, -0.25) is 9.89 Å². The van der Waals surface area contributed by atoms with Gasteiger partial charge in [0.1, 0.15) is 0 Å². The van der Waals surface area contributed by atoms with Crippen molar-refractivity contribution < 1.29 is 4.74 Å². The Balaban J connectivity index is 0.00000208. The molecular weight excluding hydrogens is 415 g/mol. The van der Waals surface area contributed by atoms with Crippen molar-refractivity contribution in [2.75, 3.05) is 45.9 Å². The van der Waals surface area contributed by atoms with Gasteiger partial charge in [0.15, 0.2) is 5.96 Å². The van der Waals surface area contributed by atoms with E-state index in [9.17, 15) is 0 Å². The van der Waals surface area contributed by atoms with Crippen LogP contribution in [0.4, 0.5) is 0 Å². The van der Waals surface area contributed by atoms with Crippen LogP contribution in [-0.4, -0.2) is 62.8 Å². The number of guanidine groups is 1. The molecule has 1 heterocycles. The van der Waals surface area contributed by atoms with E-state index >= 15 is 0 Å². The van der Waals surface area contributed by atoms with Crippen molar-refractivity contribution in [2.24, 2.45) is 22.7 Å². The van der Waals surface area contributed by atoms with E-state index in [0.717, 1.165) is 69.7 Å². The number of nitrogens with one attached hydrogen (secondary N) is 2. The second kappa shape index (κ2) is 10.2. The largest absolute Gasteiger partial charge is 0.379 e. The molecule has 5 nitrogen and oxygen atoms in total. The SMILES string of the molecule is CCNC(=NCC(C1CC1)C1CC1)NCC(C)N1CCOCC1.I. The Labute approximate surface area is 164 Å². The average molecular weight is 450 g/mol. The molecule has 0 spiro atoms. The fourth-order valence-electron chi connectivity index (χ4n) is 3.66. The normalized spacial score (nSPS) is 23.7. The molecule has 0 aromatic heterocycles. The standard InChI is InChI=1S/C18H34N4O.HI/c1-3-19-18(20-12-14(2)22-8-10-23-11-9-22)21-13-17(15-4-5-15)16-6-7-16;/h14-17H,3-13H2,1-2H3,(H2,19,20,21);1H. The molecule has 0 bridgehead atoms. The number of aliphatic imine (C=N–C) groups is 1. The van der Waals surface area contributed by atoms with E-state index in [2.05, 4.69) is 29.4 Å². The molecule has 2 N–H and O–H groups in total. The monoisotopic (exact) mass is 450 g/mol. The topological polar surface area (TPSA) is 48.9 Å². The van der Waals surface area contributed by atoms with Crippen molar-refractivity contribution in [1.82, 2.24) is 15.5 Å². The smallest absolute Gasteiger partial charge is 0.191 e. The van der Waals surface area contributed by atoms with Crippen molar-refractivity contribution in [3.8, 4) is 0 Å². The van der Waals surface area contributed by atoms with Crippen molar-refractivity contribution in [3.05, 3.63) is 0 Å².